The summed E-state index contributed by atoms with van der Waals surface area (Å²) in [4.78, 5) is 25.4. The molecule has 0 spiro atoms. The zero-order valence-corrected chi connectivity index (χ0v) is 14.8. The highest BCUT2D eigenvalue weighted by atomic mass is 16.5. The first-order valence-corrected chi connectivity index (χ1v) is 8.32. The summed E-state index contributed by atoms with van der Waals surface area (Å²) < 4.78 is 5.46. The van der Waals surface area contributed by atoms with Gasteiger partial charge in [-0.05, 0) is 39.7 Å². The number of benzene rings is 1. The Labute approximate surface area is 143 Å². The average Bonchev–Trinajstić information content (AvgIpc) is 2.45. The molecule has 0 saturated carbocycles. The van der Waals surface area contributed by atoms with E-state index in [1.54, 1.807) is 4.90 Å². The highest BCUT2D eigenvalue weighted by Gasteiger charge is 2.31. The van der Waals surface area contributed by atoms with Gasteiger partial charge in [0.1, 0.15) is 0 Å². The van der Waals surface area contributed by atoms with Crippen molar-refractivity contribution in [1.82, 2.24) is 10.2 Å². The highest BCUT2D eigenvalue weighted by Crippen LogP contribution is 2.13. The summed E-state index contributed by atoms with van der Waals surface area (Å²) in [6, 6.07) is 6.20. The minimum Gasteiger partial charge on any atom is -0.367 e. The molecule has 1 aliphatic heterocycles. The van der Waals surface area contributed by atoms with Gasteiger partial charge in [-0.3, -0.25) is 4.79 Å². The van der Waals surface area contributed by atoms with E-state index in [4.69, 9.17) is 10.5 Å². The summed E-state index contributed by atoms with van der Waals surface area (Å²) >= 11 is 0. The molecular formula is C18H27N3O3. The molecule has 1 aliphatic rings. The lowest BCUT2D eigenvalue weighted by atomic mass is 10.0. The molecule has 0 aliphatic carbocycles. The summed E-state index contributed by atoms with van der Waals surface area (Å²) in [7, 11) is 0. The van der Waals surface area contributed by atoms with Crippen LogP contribution in [0, 0.1) is 13.8 Å². The highest BCUT2D eigenvalue weighted by molar-refractivity contribution is 5.81. The fourth-order valence-electron chi connectivity index (χ4n) is 3.17. The number of ether oxygens (including phenoxy) is 1. The fraction of sp³-hybridized carbons (Fsp3) is 0.556. The molecule has 0 radical (unpaired) electrons. The van der Waals surface area contributed by atoms with Crippen molar-refractivity contribution in [3.05, 3.63) is 34.9 Å². The summed E-state index contributed by atoms with van der Waals surface area (Å²) in [5, 5.41) is 3.00. The number of morpholine rings is 1. The van der Waals surface area contributed by atoms with E-state index in [0.29, 0.717) is 6.54 Å². The Morgan fingerprint density at radius 1 is 1.29 bits per heavy atom. The van der Waals surface area contributed by atoms with Crippen LogP contribution in [0.15, 0.2) is 18.2 Å². The quantitative estimate of drug-likeness (QED) is 0.876. The Hall–Kier alpha value is -2.08. The van der Waals surface area contributed by atoms with Crippen molar-refractivity contribution in [3.8, 4) is 0 Å². The molecule has 1 heterocycles. The molecule has 24 heavy (non-hydrogen) atoms. The molecule has 2 unspecified atom stereocenters. The summed E-state index contributed by atoms with van der Waals surface area (Å²) in [6.45, 7) is 8.59. The first-order valence-electron chi connectivity index (χ1n) is 8.32. The molecule has 1 aromatic carbocycles. The van der Waals surface area contributed by atoms with Crippen molar-refractivity contribution in [3.63, 3.8) is 0 Å². The number of urea groups is 1. The molecule has 3 N–H and O–H groups in total. The number of rotatable bonds is 4. The molecule has 0 aromatic heterocycles. The minimum atomic E-state index is -0.741. The second-order valence-corrected chi connectivity index (χ2v) is 6.79. The molecule has 3 amide bonds. The number of nitrogens with one attached hydrogen (secondary N) is 1. The number of amides is 3. The zero-order valence-electron chi connectivity index (χ0n) is 14.8. The fourth-order valence-corrected chi connectivity index (χ4v) is 3.17. The third-order valence-corrected chi connectivity index (χ3v) is 4.06. The summed E-state index contributed by atoms with van der Waals surface area (Å²) in [5.74, 6) is -0.539. The molecule has 6 nitrogen and oxygen atoms in total. The number of carbonyl (C=O) groups is 2. The molecule has 2 rings (SSSR count). The number of aryl methyl sites for hydroxylation is 2. The van der Waals surface area contributed by atoms with E-state index in [2.05, 4.69) is 37.4 Å². The van der Waals surface area contributed by atoms with Crippen LogP contribution < -0.4 is 11.1 Å². The van der Waals surface area contributed by atoms with E-state index >= 15 is 0 Å². The van der Waals surface area contributed by atoms with Crippen molar-refractivity contribution in [2.24, 2.45) is 5.73 Å². The van der Waals surface area contributed by atoms with Gasteiger partial charge in [-0.25, -0.2) is 4.79 Å². The SMILES string of the molecule is Cc1cc(C)cc(CC(C)NC(=O)N2CC(C(N)=O)O[C@H](C)C2)c1. The van der Waals surface area contributed by atoms with Crippen LogP contribution in [-0.2, 0) is 16.0 Å². The smallest absolute Gasteiger partial charge is 0.317 e. The van der Waals surface area contributed by atoms with Crippen molar-refractivity contribution >= 4 is 11.9 Å². The number of nitrogens with zero attached hydrogens (tertiary/aromatic N) is 1. The van der Waals surface area contributed by atoms with E-state index in [1.807, 2.05) is 13.8 Å². The Morgan fingerprint density at radius 2 is 1.92 bits per heavy atom. The Bertz CT molecular complexity index is 597. The van der Waals surface area contributed by atoms with Crippen molar-refractivity contribution < 1.29 is 14.3 Å². The van der Waals surface area contributed by atoms with Crippen LogP contribution in [0.5, 0.6) is 0 Å². The molecule has 132 valence electrons. The van der Waals surface area contributed by atoms with Crippen molar-refractivity contribution in [2.75, 3.05) is 13.1 Å². The zero-order chi connectivity index (χ0) is 17.9. The van der Waals surface area contributed by atoms with Crippen LogP contribution in [0.3, 0.4) is 0 Å². The van der Waals surface area contributed by atoms with Gasteiger partial charge in [0, 0.05) is 12.6 Å². The second-order valence-electron chi connectivity index (χ2n) is 6.79. The maximum absolute atomic E-state index is 12.5. The Kier molecular flexibility index (Phi) is 5.83. The Morgan fingerprint density at radius 3 is 2.50 bits per heavy atom. The number of primary amides is 1. The van der Waals surface area contributed by atoms with Gasteiger partial charge in [-0.2, -0.15) is 0 Å². The molecule has 0 bridgehead atoms. The van der Waals surface area contributed by atoms with Gasteiger partial charge >= 0.3 is 6.03 Å². The third-order valence-electron chi connectivity index (χ3n) is 4.06. The molecule has 3 atom stereocenters. The standard InChI is InChI=1S/C18H27N3O3/c1-11-5-12(2)7-15(6-11)8-13(3)20-18(23)21-9-14(4)24-16(10-21)17(19)22/h5-7,13-14,16H,8-10H2,1-4H3,(H2,19,22)(H,20,23)/t13?,14-,16?/m1/s1. The van der Waals surface area contributed by atoms with Crippen molar-refractivity contribution in [2.45, 2.75) is 52.4 Å². The molecule has 1 fully saturated rings. The van der Waals surface area contributed by atoms with Gasteiger partial charge in [-0.1, -0.05) is 29.3 Å². The van der Waals surface area contributed by atoms with E-state index < -0.39 is 12.0 Å². The monoisotopic (exact) mass is 333 g/mol. The van der Waals surface area contributed by atoms with Gasteiger partial charge in [0.2, 0.25) is 5.91 Å². The van der Waals surface area contributed by atoms with Crippen LogP contribution in [0.4, 0.5) is 4.79 Å². The van der Waals surface area contributed by atoms with E-state index in [1.165, 1.54) is 16.7 Å². The number of hydrogen-bond donors (Lipinski definition) is 2. The van der Waals surface area contributed by atoms with Gasteiger partial charge in [0.05, 0.1) is 12.6 Å². The van der Waals surface area contributed by atoms with Crippen LogP contribution in [0.25, 0.3) is 0 Å². The average molecular weight is 333 g/mol. The second kappa shape index (κ2) is 7.66. The minimum absolute atomic E-state index is 0.0103. The summed E-state index contributed by atoms with van der Waals surface area (Å²) in [5.41, 5.74) is 8.94. The maximum Gasteiger partial charge on any atom is 0.317 e. The Balaban J connectivity index is 1.94. The van der Waals surface area contributed by atoms with Crippen molar-refractivity contribution in [1.29, 1.82) is 0 Å². The van der Waals surface area contributed by atoms with Crippen LogP contribution >= 0.6 is 0 Å². The van der Waals surface area contributed by atoms with Crippen LogP contribution in [0.1, 0.15) is 30.5 Å². The van der Waals surface area contributed by atoms with Gasteiger partial charge in [0.15, 0.2) is 6.10 Å². The van der Waals surface area contributed by atoms with E-state index in [-0.39, 0.29) is 24.7 Å². The van der Waals surface area contributed by atoms with E-state index in [9.17, 15) is 9.59 Å². The normalized spacial score (nSPS) is 22.1. The van der Waals surface area contributed by atoms with E-state index in [0.717, 1.165) is 6.42 Å². The number of nitrogens with two attached hydrogens (primary N) is 1. The molecular weight excluding hydrogens is 306 g/mol. The van der Waals surface area contributed by atoms with Gasteiger partial charge < -0.3 is 20.7 Å². The molecule has 1 saturated heterocycles. The first-order chi connectivity index (χ1) is 11.2. The largest absolute Gasteiger partial charge is 0.367 e. The lowest BCUT2D eigenvalue weighted by molar-refractivity contribution is -0.139. The maximum atomic E-state index is 12.5. The first kappa shape index (κ1) is 18.3. The lowest BCUT2D eigenvalue weighted by Crippen LogP contribution is -2.56. The lowest BCUT2D eigenvalue weighted by Gasteiger charge is -2.36. The number of carbonyl (C=O) groups excluding carboxylic acids is 2. The third kappa shape index (κ3) is 4.96. The van der Waals surface area contributed by atoms with Crippen LogP contribution in [-0.4, -0.2) is 48.2 Å². The molecule has 6 heteroatoms. The van der Waals surface area contributed by atoms with Gasteiger partial charge in [-0.15, -0.1) is 0 Å². The summed E-state index contributed by atoms with van der Waals surface area (Å²) in [6.07, 6.45) is -0.195. The van der Waals surface area contributed by atoms with Crippen LogP contribution in [0.2, 0.25) is 0 Å². The van der Waals surface area contributed by atoms with Gasteiger partial charge in [0.25, 0.3) is 0 Å². The predicted octanol–water partition coefficient (Wildman–Crippen LogP) is 1.52. The predicted molar refractivity (Wildman–Crippen MR) is 92.7 cm³/mol. The molecule has 1 aromatic rings. The number of hydrogen-bond acceptors (Lipinski definition) is 3. The topological polar surface area (TPSA) is 84.7 Å².